The van der Waals surface area contributed by atoms with Gasteiger partial charge in [-0.2, -0.15) is 0 Å². The fraction of sp³-hybridized carbons (Fsp3) is 0.980. The molecular weight excluding hydrogens is 665 g/mol. The number of rotatable bonds is 43. The monoisotopic (exact) mass is 763 g/mol. The van der Waals surface area contributed by atoms with Crippen molar-refractivity contribution >= 4 is 5.91 Å². The number of ether oxygens (including phenoxy) is 1. The van der Waals surface area contributed by atoms with Crippen LogP contribution in [0, 0.1) is 5.92 Å². The molecule has 1 aliphatic heterocycles. The predicted molar refractivity (Wildman–Crippen MR) is 237 cm³/mol. The number of nitrogens with zero attached hydrogens (tertiary/aromatic N) is 2. The molecule has 5 heteroatoms. The van der Waals surface area contributed by atoms with Crippen molar-refractivity contribution in [1.82, 2.24) is 9.80 Å². The van der Waals surface area contributed by atoms with Crippen molar-refractivity contribution in [2.24, 2.45) is 5.92 Å². The van der Waals surface area contributed by atoms with Gasteiger partial charge >= 0.3 is 0 Å². The highest BCUT2D eigenvalue weighted by Crippen LogP contribution is 2.21. The smallest absolute Gasteiger partial charge is 0.222 e. The summed E-state index contributed by atoms with van der Waals surface area (Å²) >= 11 is 0. The molecule has 0 saturated carbocycles. The lowest BCUT2D eigenvalue weighted by molar-refractivity contribution is -0.133. The van der Waals surface area contributed by atoms with Gasteiger partial charge in [0.25, 0.3) is 0 Å². The summed E-state index contributed by atoms with van der Waals surface area (Å²) in [5.41, 5.74) is 0. The maximum atomic E-state index is 13.4. The summed E-state index contributed by atoms with van der Waals surface area (Å²) in [6.45, 7) is 12.9. The van der Waals surface area contributed by atoms with E-state index in [2.05, 4.69) is 25.7 Å². The topological polar surface area (TPSA) is 53.0 Å². The molecule has 1 saturated heterocycles. The first-order valence-electron chi connectivity index (χ1n) is 24.9. The van der Waals surface area contributed by atoms with Crippen LogP contribution in [0.2, 0.25) is 0 Å². The van der Waals surface area contributed by atoms with Gasteiger partial charge in [-0.1, -0.05) is 201 Å². The highest BCUT2D eigenvalue weighted by atomic mass is 16.5. The summed E-state index contributed by atoms with van der Waals surface area (Å²) < 4.78 is 6.28. The number of carbonyl (C=O) groups is 1. The van der Waals surface area contributed by atoms with Crippen LogP contribution in [0.15, 0.2) is 0 Å². The normalized spacial score (nSPS) is 14.6. The van der Waals surface area contributed by atoms with Crippen LogP contribution >= 0.6 is 0 Å². The Morgan fingerprint density at radius 2 is 0.963 bits per heavy atom. The van der Waals surface area contributed by atoms with Crippen LogP contribution in [-0.4, -0.2) is 72.9 Å². The third-order valence-corrected chi connectivity index (χ3v) is 12.2. The molecular formula is C49H98N2O3. The van der Waals surface area contributed by atoms with E-state index in [1.165, 1.54) is 186 Å². The second kappa shape index (κ2) is 40.5. The maximum Gasteiger partial charge on any atom is 0.222 e. The van der Waals surface area contributed by atoms with Gasteiger partial charge in [-0.15, -0.1) is 0 Å². The van der Waals surface area contributed by atoms with Crippen LogP contribution in [0.5, 0.6) is 0 Å². The van der Waals surface area contributed by atoms with E-state index in [0.29, 0.717) is 19.5 Å². The first-order valence-corrected chi connectivity index (χ1v) is 24.9. The minimum atomic E-state index is -0.442. The van der Waals surface area contributed by atoms with Gasteiger partial charge < -0.3 is 19.6 Å². The van der Waals surface area contributed by atoms with Crippen molar-refractivity contribution in [1.29, 1.82) is 0 Å². The van der Waals surface area contributed by atoms with E-state index in [4.69, 9.17) is 4.74 Å². The third kappa shape index (κ3) is 33.5. The van der Waals surface area contributed by atoms with E-state index >= 15 is 0 Å². The van der Waals surface area contributed by atoms with Gasteiger partial charge in [0.2, 0.25) is 5.91 Å². The van der Waals surface area contributed by atoms with Gasteiger partial charge in [-0.3, -0.25) is 4.79 Å². The highest BCUT2D eigenvalue weighted by Gasteiger charge is 2.21. The van der Waals surface area contributed by atoms with E-state index in [1.807, 2.05) is 4.90 Å². The third-order valence-electron chi connectivity index (χ3n) is 12.2. The van der Waals surface area contributed by atoms with Gasteiger partial charge in [0, 0.05) is 39.3 Å². The molecule has 0 aromatic heterocycles. The molecule has 54 heavy (non-hydrogen) atoms. The highest BCUT2D eigenvalue weighted by molar-refractivity contribution is 5.76. The summed E-state index contributed by atoms with van der Waals surface area (Å²) in [6.07, 6.45) is 46.5. The second-order valence-electron chi connectivity index (χ2n) is 17.7. The second-order valence-corrected chi connectivity index (χ2v) is 17.7. The molecule has 0 aromatic rings. The molecule has 1 fully saturated rings. The van der Waals surface area contributed by atoms with Crippen LogP contribution in [0.25, 0.3) is 0 Å². The van der Waals surface area contributed by atoms with Crippen LogP contribution in [0.4, 0.5) is 0 Å². The Hall–Kier alpha value is -0.650. The Morgan fingerprint density at radius 1 is 0.556 bits per heavy atom. The van der Waals surface area contributed by atoms with Crippen molar-refractivity contribution in [2.45, 2.75) is 258 Å². The van der Waals surface area contributed by atoms with E-state index in [1.54, 1.807) is 0 Å². The number of amides is 1. The number of hydrogen-bond acceptors (Lipinski definition) is 4. The molecule has 0 aromatic carbocycles. The molecule has 0 radical (unpaired) electrons. The minimum Gasteiger partial charge on any atom is -0.390 e. The van der Waals surface area contributed by atoms with Gasteiger partial charge in [-0.05, 0) is 64.0 Å². The average Bonchev–Trinajstić information content (AvgIpc) is 3.68. The molecule has 0 spiro atoms. The molecule has 1 aliphatic rings. The van der Waals surface area contributed by atoms with Crippen molar-refractivity contribution in [2.75, 3.05) is 45.9 Å². The Balaban J connectivity index is 2.28. The predicted octanol–water partition coefficient (Wildman–Crippen LogP) is 14.2. The molecule has 2 atom stereocenters. The largest absolute Gasteiger partial charge is 0.390 e. The minimum absolute atomic E-state index is 0.259. The molecule has 322 valence electrons. The van der Waals surface area contributed by atoms with Crippen LogP contribution < -0.4 is 0 Å². The number of likely N-dealkylation sites (tertiary alicyclic amines) is 1. The molecule has 0 bridgehead atoms. The van der Waals surface area contributed by atoms with Crippen molar-refractivity contribution in [3.63, 3.8) is 0 Å². The number of aliphatic hydroxyl groups is 1. The number of β-amino-alcohol motifs (C(OH)–C–C–N with tert-alkyl or cyclic N) is 1. The molecule has 5 nitrogen and oxygen atoms in total. The van der Waals surface area contributed by atoms with Crippen LogP contribution in [-0.2, 0) is 9.53 Å². The van der Waals surface area contributed by atoms with Gasteiger partial charge in [-0.25, -0.2) is 0 Å². The van der Waals surface area contributed by atoms with Gasteiger partial charge in [0.05, 0.1) is 6.10 Å². The summed E-state index contributed by atoms with van der Waals surface area (Å²) in [5, 5.41) is 10.9. The summed E-state index contributed by atoms with van der Waals surface area (Å²) in [6, 6.07) is 0. The zero-order valence-electron chi connectivity index (χ0n) is 37.2. The van der Waals surface area contributed by atoms with Crippen LogP contribution in [0.1, 0.15) is 252 Å². The van der Waals surface area contributed by atoms with Crippen molar-refractivity contribution in [3.05, 3.63) is 0 Å². The first-order chi connectivity index (χ1) is 26.6. The zero-order chi connectivity index (χ0) is 39.0. The molecule has 1 N–H and O–H groups in total. The molecule has 2 unspecified atom stereocenters. The molecule has 1 rings (SSSR count). The Labute approximate surface area is 339 Å². The molecule has 0 aliphatic carbocycles. The lowest BCUT2D eigenvalue weighted by Gasteiger charge is -2.28. The number of hydrogen-bond donors (Lipinski definition) is 1. The van der Waals surface area contributed by atoms with E-state index in [0.717, 1.165) is 77.3 Å². The number of aliphatic hydroxyl groups excluding tert-OH is 1. The van der Waals surface area contributed by atoms with Crippen molar-refractivity contribution in [3.8, 4) is 0 Å². The quantitative estimate of drug-likeness (QED) is 0.0629. The van der Waals surface area contributed by atoms with Crippen LogP contribution in [0.3, 0.4) is 0 Å². The number of carbonyl (C=O) groups excluding carboxylic acids is 1. The first kappa shape index (κ1) is 51.4. The average molecular weight is 763 g/mol. The Kier molecular flexibility index (Phi) is 38.6. The lowest BCUT2D eigenvalue weighted by atomic mass is 9.95. The van der Waals surface area contributed by atoms with Gasteiger partial charge in [0.1, 0.15) is 0 Å². The standard InChI is InChI=1S/C49H98N2O3/c1-4-7-10-13-15-16-17-18-19-20-21-22-24-27-32-39-49(53)51(45-48(52)44-50-40-34-35-41-50)42-33-28-29-36-43-54-46-47(37-30-25-12-9-6-3)38-31-26-23-14-11-8-5-2/h47-48,52H,4-46H2,1-3H3. The van der Waals surface area contributed by atoms with Gasteiger partial charge in [0.15, 0.2) is 0 Å². The van der Waals surface area contributed by atoms with E-state index in [9.17, 15) is 9.90 Å². The Bertz CT molecular complexity index is 757. The van der Waals surface area contributed by atoms with E-state index < -0.39 is 6.10 Å². The Morgan fingerprint density at radius 3 is 1.44 bits per heavy atom. The van der Waals surface area contributed by atoms with E-state index in [-0.39, 0.29) is 5.91 Å². The molecule has 1 amide bonds. The van der Waals surface area contributed by atoms with Crippen molar-refractivity contribution < 1.29 is 14.6 Å². The molecule has 1 heterocycles. The number of unbranched alkanes of at least 4 members (excludes halogenated alkanes) is 27. The fourth-order valence-electron chi connectivity index (χ4n) is 8.55. The maximum absolute atomic E-state index is 13.4. The zero-order valence-corrected chi connectivity index (χ0v) is 37.2. The lowest BCUT2D eigenvalue weighted by Crippen LogP contribution is -2.42. The summed E-state index contributed by atoms with van der Waals surface area (Å²) in [4.78, 5) is 17.8. The summed E-state index contributed by atoms with van der Waals surface area (Å²) in [5.74, 6) is 0.994. The SMILES string of the molecule is CCCCCCCCCCCCCCCCCC(=O)N(CCCCCCOCC(CCCCCCC)CCCCCCCCC)CC(O)CN1CCCC1. The fourth-order valence-corrected chi connectivity index (χ4v) is 8.55. The summed E-state index contributed by atoms with van der Waals surface area (Å²) in [7, 11) is 0.